The number of methoxy groups -OCH3 is 1. The Hall–Kier alpha value is -1.55. The Balaban J connectivity index is 1.90. The zero-order chi connectivity index (χ0) is 14.8. The molecule has 0 aliphatic heterocycles. The molecule has 4 heteroatoms. The molecule has 114 valence electrons. The van der Waals surface area contributed by atoms with Crippen molar-refractivity contribution in [2.75, 3.05) is 7.11 Å². The first-order valence-electron chi connectivity index (χ1n) is 7.97. The summed E-state index contributed by atoms with van der Waals surface area (Å²) in [5.41, 5.74) is 2.21. The van der Waals surface area contributed by atoms with Crippen molar-refractivity contribution in [2.24, 2.45) is 0 Å². The molecule has 21 heavy (non-hydrogen) atoms. The third kappa shape index (κ3) is 2.91. The molecule has 1 saturated carbocycles. The first-order chi connectivity index (χ1) is 10.2. The summed E-state index contributed by atoms with van der Waals surface area (Å²) in [4.78, 5) is 4.82. The third-order valence-corrected chi connectivity index (χ3v) is 4.39. The van der Waals surface area contributed by atoms with E-state index in [1.165, 1.54) is 31.2 Å². The van der Waals surface area contributed by atoms with Crippen LogP contribution in [0, 0.1) is 0 Å². The second-order valence-corrected chi connectivity index (χ2v) is 6.21. The van der Waals surface area contributed by atoms with Gasteiger partial charge in [-0.25, -0.2) is 4.98 Å². The number of nitrogens with zero attached hydrogens (tertiary/aromatic N) is 2. The lowest BCUT2D eigenvalue weighted by Crippen LogP contribution is -2.27. The Kier molecular flexibility index (Phi) is 4.15. The molecule has 1 fully saturated rings. The van der Waals surface area contributed by atoms with E-state index in [4.69, 9.17) is 9.72 Å². The molecule has 0 unspecified atom stereocenters. The molecule has 1 aromatic heterocycles. The van der Waals surface area contributed by atoms with Crippen molar-refractivity contribution < 1.29 is 4.74 Å². The van der Waals surface area contributed by atoms with Gasteiger partial charge in [0.1, 0.15) is 11.6 Å². The number of benzene rings is 1. The minimum absolute atomic E-state index is 0.406. The van der Waals surface area contributed by atoms with Crippen LogP contribution in [0.15, 0.2) is 18.2 Å². The van der Waals surface area contributed by atoms with Crippen molar-refractivity contribution in [2.45, 2.75) is 58.2 Å². The summed E-state index contributed by atoms with van der Waals surface area (Å²) in [6.07, 6.45) is 5.32. The highest BCUT2D eigenvalue weighted by molar-refractivity contribution is 5.78. The molecule has 0 saturated heterocycles. The molecule has 0 spiro atoms. The number of ether oxygens (including phenoxy) is 1. The summed E-state index contributed by atoms with van der Waals surface area (Å²) in [5, 5.41) is 3.67. The highest BCUT2D eigenvalue weighted by atomic mass is 16.5. The predicted molar refractivity (Wildman–Crippen MR) is 85.8 cm³/mol. The van der Waals surface area contributed by atoms with Gasteiger partial charge in [-0.05, 0) is 38.8 Å². The number of hydrogen-bond acceptors (Lipinski definition) is 3. The normalized spacial score (nSPS) is 16.2. The van der Waals surface area contributed by atoms with Crippen LogP contribution in [-0.2, 0) is 6.54 Å². The van der Waals surface area contributed by atoms with Gasteiger partial charge >= 0.3 is 0 Å². The Labute approximate surface area is 126 Å². The molecule has 3 rings (SSSR count). The van der Waals surface area contributed by atoms with Gasteiger partial charge < -0.3 is 14.6 Å². The quantitative estimate of drug-likeness (QED) is 0.912. The monoisotopic (exact) mass is 287 g/mol. The van der Waals surface area contributed by atoms with Crippen LogP contribution in [0.3, 0.4) is 0 Å². The van der Waals surface area contributed by atoms with Gasteiger partial charge in [0.2, 0.25) is 0 Å². The molecule has 1 aliphatic carbocycles. The van der Waals surface area contributed by atoms with Crippen molar-refractivity contribution in [3.63, 3.8) is 0 Å². The van der Waals surface area contributed by atoms with E-state index in [1.54, 1.807) is 7.11 Å². The number of imidazole rings is 1. The largest absolute Gasteiger partial charge is 0.497 e. The van der Waals surface area contributed by atoms with E-state index in [1.807, 2.05) is 12.1 Å². The summed E-state index contributed by atoms with van der Waals surface area (Å²) in [5.74, 6) is 1.99. The molecule has 1 aromatic carbocycles. The molecule has 2 aromatic rings. The molecular formula is C17H25N3O. The fourth-order valence-electron chi connectivity index (χ4n) is 3.32. The summed E-state index contributed by atoms with van der Waals surface area (Å²) in [6.45, 7) is 5.27. The van der Waals surface area contributed by atoms with Crippen molar-refractivity contribution in [3.8, 4) is 5.75 Å². The molecule has 0 atom stereocenters. The lowest BCUT2D eigenvalue weighted by Gasteiger charge is -2.16. The van der Waals surface area contributed by atoms with Gasteiger partial charge in [0.25, 0.3) is 0 Å². The summed E-state index contributed by atoms with van der Waals surface area (Å²) >= 11 is 0. The summed E-state index contributed by atoms with van der Waals surface area (Å²) in [7, 11) is 1.70. The van der Waals surface area contributed by atoms with Crippen molar-refractivity contribution in [1.29, 1.82) is 0 Å². The van der Waals surface area contributed by atoms with Crippen LogP contribution < -0.4 is 10.1 Å². The van der Waals surface area contributed by atoms with Gasteiger partial charge in [-0.2, -0.15) is 0 Å². The molecule has 1 N–H and O–H groups in total. The lowest BCUT2D eigenvalue weighted by atomic mass is 10.2. The Morgan fingerprint density at radius 1 is 1.33 bits per heavy atom. The van der Waals surface area contributed by atoms with Crippen LogP contribution in [0.4, 0.5) is 0 Å². The molecule has 1 aliphatic rings. The van der Waals surface area contributed by atoms with Crippen LogP contribution >= 0.6 is 0 Å². The van der Waals surface area contributed by atoms with Crippen molar-refractivity contribution >= 4 is 11.0 Å². The van der Waals surface area contributed by atoms with E-state index in [2.05, 4.69) is 29.8 Å². The average Bonchev–Trinajstić information content (AvgIpc) is 3.10. The predicted octanol–water partition coefficient (Wildman–Crippen LogP) is 3.66. The maximum atomic E-state index is 5.31. The molecule has 0 bridgehead atoms. The Bertz CT molecular complexity index is 612. The highest BCUT2D eigenvalue weighted by Gasteiger charge is 2.17. The van der Waals surface area contributed by atoms with Gasteiger partial charge in [-0.1, -0.05) is 12.8 Å². The average molecular weight is 287 g/mol. The fourth-order valence-corrected chi connectivity index (χ4v) is 3.32. The van der Waals surface area contributed by atoms with Gasteiger partial charge in [0.15, 0.2) is 0 Å². The van der Waals surface area contributed by atoms with E-state index >= 15 is 0 Å². The third-order valence-electron chi connectivity index (χ3n) is 4.39. The number of fused-ring (bicyclic) bond motifs is 1. The van der Waals surface area contributed by atoms with E-state index < -0.39 is 0 Å². The molecule has 0 amide bonds. The maximum Gasteiger partial charge on any atom is 0.124 e. The van der Waals surface area contributed by atoms with E-state index in [0.29, 0.717) is 12.1 Å². The smallest absolute Gasteiger partial charge is 0.124 e. The topological polar surface area (TPSA) is 39.1 Å². The SMILES string of the molecule is COc1ccc2c(c1)nc(CNC1CCCC1)n2C(C)C. The van der Waals surface area contributed by atoms with Crippen molar-refractivity contribution in [3.05, 3.63) is 24.0 Å². The summed E-state index contributed by atoms with van der Waals surface area (Å²) < 4.78 is 7.64. The molecule has 1 heterocycles. The number of nitrogens with one attached hydrogen (secondary N) is 1. The Morgan fingerprint density at radius 3 is 2.76 bits per heavy atom. The highest BCUT2D eigenvalue weighted by Crippen LogP contribution is 2.25. The standard InChI is InChI=1S/C17H25N3O/c1-12(2)20-16-9-8-14(21-3)10-15(16)19-17(20)11-18-13-6-4-5-7-13/h8-10,12-13,18H,4-7,11H2,1-3H3. The van der Waals surface area contributed by atoms with Crippen LogP contribution in [0.25, 0.3) is 11.0 Å². The van der Waals surface area contributed by atoms with Crippen LogP contribution in [-0.4, -0.2) is 22.7 Å². The molecular weight excluding hydrogens is 262 g/mol. The summed E-state index contributed by atoms with van der Waals surface area (Å²) in [6, 6.07) is 7.22. The zero-order valence-corrected chi connectivity index (χ0v) is 13.2. The van der Waals surface area contributed by atoms with Gasteiger partial charge in [-0.15, -0.1) is 0 Å². The van der Waals surface area contributed by atoms with E-state index in [9.17, 15) is 0 Å². The van der Waals surface area contributed by atoms with Gasteiger partial charge in [-0.3, -0.25) is 0 Å². The van der Waals surface area contributed by atoms with E-state index in [0.717, 1.165) is 23.6 Å². The van der Waals surface area contributed by atoms with Crippen LogP contribution in [0.5, 0.6) is 5.75 Å². The second kappa shape index (κ2) is 6.06. The molecule has 4 nitrogen and oxygen atoms in total. The zero-order valence-electron chi connectivity index (χ0n) is 13.2. The fraction of sp³-hybridized carbons (Fsp3) is 0.588. The van der Waals surface area contributed by atoms with Crippen molar-refractivity contribution in [1.82, 2.24) is 14.9 Å². The van der Waals surface area contributed by atoms with Gasteiger partial charge in [0, 0.05) is 18.2 Å². The second-order valence-electron chi connectivity index (χ2n) is 6.21. The van der Waals surface area contributed by atoms with Gasteiger partial charge in [0.05, 0.1) is 24.7 Å². The number of aromatic nitrogens is 2. The van der Waals surface area contributed by atoms with E-state index in [-0.39, 0.29) is 0 Å². The number of hydrogen-bond donors (Lipinski definition) is 1. The van der Waals surface area contributed by atoms with Crippen LogP contribution in [0.1, 0.15) is 51.4 Å². The molecule has 0 radical (unpaired) electrons. The maximum absolute atomic E-state index is 5.31. The first-order valence-corrected chi connectivity index (χ1v) is 7.97. The number of rotatable bonds is 5. The van der Waals surface area contributed by atoms with Crippen LogP contribution in [0.2, 0.25) is 0 Å². The first kappa shape index (κ1) is 14.4. The minimum atomic E-state index is 0.406. The Morgan fingerprint density at radius 2 is 2.10 bits per heavy atom. The minimum Gasteiger partial charge on any atom is -0.497 e. The lowest BCUT2D eigenvalue weighted by molar-refractivity contribution is 0.415.